The Morgan fingerprint density at radius 3 is 2.33 bits per heavy atom. The van der Waals surface area contributed by atoms with Crippen LogP contribution in [0.25, 0.3) is 10.8 Å². The average molecular weight is 318 g/mol. The molecule has 0 bridgehead atoms. The van der Waals surface area contributed by atoms with Gasteiger partial charge in [0.15, 0.2) is 5.78 Å². The molecule has 0 atom stereocenters. The molecule has 3 rings (SSSR count). The summed E-state index contributed by atoms with van der Waals surface area (Å²) < 4.78 is 0. The molecule has 0 spiro atoms. The number of amides is 1. The van der Waals surface area contributed by atoms with Crippen molar-refractivity contribution in [1.29, 1.82) is 0 Å². The summed E-state index contributed by atoms with van der Waals surface area (Å²) >= 11 is 0. The Kier molecular flexibility index (Phi) is 4.57. The Balaban J connectivity index is 1.71. The number of carbonyl (C=O) groups is 2. The summed E-state index contributed by atoms with van der Waals surface area (Å²) in [4.78, 5) is 23.9. The lowest BCUT2D eigenvalue weighted by molar-refractivity contribution is -0.114. The van der Waals surface area contributed by atoms with Crippen molar-refractivity contribution in [1.82, 2.24) is 0 Å². The van der Waals surface area contributed by atoms with Gasteiger partial charge in [0.25, 0.3) is 0 Å². The van der Waals surface area contributed by atoms with Crippen LogP contribution in [0.1, 0.15) is 17.3 Å². The third kappa shape index (κ3) is 3.43. The van der Waals surface area contributed by atoms with Crippen LogP contribution in [-0.2, 0) is 4.79 Å². The van der Waals surface area contributed by atoms with Crippen molar-refractivity contribution in [3.05, 3.63) is 72.3 Å². The van der Waals surface area contributed by atoms with Gasteiger partial charge in [-0.3, -0.25) is 9.59 Å². The molecule has 2 N–H and O–H groups in total. The highest BCUT2D eigenvalue weighted by atomic mass is 16.2. The zero-order valence-corrected chi connectivity index (χ0v) is 13.4. The maximum atomic E-state index is 12.3. The van der Waals surface area contributed by atoms with Crippen LogP contribution in [0, 0.1) is 0 Å². The van der Waals surface area contributed by atoms with Crippen LogP contribution in [0.4, 0.5) is 11.4 Å². The van der Waals surface area contributed by atoms with Crippen LogP contribution in [-0.4, -0.2) is 18.2 Å². The molecule has 0 aliphatic rings. The maximum Gasteiger partial charge on any atom is 0.243 e. The van der Waals surface area contributed by atoms with Gasteiger partial charge in [-0.2, -0.15) is 0 Å². The van der Waals surface area contributed by atoms with Gasteiger partial charge in [0.2, 0.25) is 5.91 Å². The number of anilines is 2. The molecule has 0 saturated heterocycles. The van der Waals surface area contributed by atoms with Crippen LogP contribution < -0.4 is 10.6 Å². The van der Waals surface area contributed by atoms with Gasteiger partial charge in [-0.05, 0) is 30.5 Å². The lowest BCUT2D eigenvalue weighted by Crippen LogP contribution is -2.22. The molecule has 3 aromatic carbocycles. The first-order chi connectivity index (χ1) is 11.6. The standard InChI is InChI=1S/C20H18N2O2/c1-14(23)16-9-4-5-11-18(16)21-13-20(24)22-19-12-6-8-15-7-2-3-10-17(15)19/h2-12,21H,13H2,1H3,(H,22,24). The Hall–Kier alpha value is -3.14. The van der Waals surface area contributed by atoms with Crippen molar-refractivity contribution in [3.63, 3.8) is 0 Å². The van der Waals surface area contributed by atoms with E-state index in [1.54, 1.807) is 18.2 Å². The highest BCUT2D eigenvalue weighted by molar-refractivity contribution is 6.04. The molecule has 0 heterocycles. The molecule has 0 aromatic heterocycles. The van der Waals surface area contributed by atoms with Crippen molar-refractivity contribution >= 4 is 33.8 Å². The fraction of sp³-hybridized carbons (Fsp3) is 0.100. The number of para-hydroxylation sites is 1. The van der Waals surface area contributed by atoms with E-state index in [1.165, 1.54) is 6.92 Å². The summed E-state index contributed by atoms with van der Waals surface area (Å²) in [6, 6.07) is 20.9. The molecule has 3 aromatic rings. The van der Waals surface area contributed by atoms with Gasteiger partial charge >= 0.3 is 0 Å². The van der Waals surface area contributed by atoms with Crippen LogP contribution in [0.3, 0.4) is 0 Å². The fourth-order valence-electron chi connectivity index (χ4n) is 2.65. The second-order valence-electron chi connectivity index (χ2n) is 5.53. The topological polar surface area (TPSA) is 58.2 Å². The van der Waals surface area contributed by atoms with E-state index in [0.717, 1.165) is 16.5 Å². The predicted molar refractivity (Wildman–Crippen MR) is 97.5 cm³/mol. The van der Waals surface area contributed by atoms with E-state index in [2.05, 4.69) is 10.6 Å². The smallest absolute Gasteiger partial charge is 0.243 e. The maximum absolute atomic E-state index is 12.3. The van der Waals surface area contributed by atoms with Crippen molar-refractivity contribution in [2.45, 2.75) is 6.92 Å². The molecule has 0 saturated carbocycles. The molecule has 0 aliphatic heterocycles. The lowest BCUT2D eigenvalue weighted by Gasteiger charge is -2.12. The van der Waals surface area contributed by atoms with Crippen LogP contribution in [0.15, 0.2) is 66.7 Å². The minimum atomic E-state index is -0.162. The number of hydrogen-bond donors (Lipinski definition) is 2. The first-order valence-corrected chi connectivity index (χ1v) is 7.76. The zero-order valence-electron chi connectivity index (χ0n) is 13.4. The molecule has 24 heavy (non-hydrogen) atoms. The molecule has 1 amide bonds. The number of benzene rings is 3. The van der Waals surface area contributed by atoms with E-state index in [9.17, 15) is 9.59 Å². The van der Waals surface area contributed by atoms with Gasteiger partial charge in [0.05, 0.1) is 6.54 Å². The summed E-state index contributed by atoms with van der Waals surface area (Å²) in [6.07, 6.45) is 0. The number of fused-ring (bicyclic) bond motifs is 1. The third-order valence-corrected chi connectivity index (χ3v) is 3.81. The number of ketones is 1. The van der Waals surface area contributed by atoms with E-state index in [0.29, 0.717) is 11.3 Å². The predicted octanol–water partition coefficient (Wildman–Crippen LogP) is 4.09. The normalized spacial score (nSPS) is 10.4. The second kappa shape index (κ2) is 6.96. The van der Waals surface area contributed by atoms with Crippen molar-refractivity contribution in [3.8, 4) is 0 Å². The van der Waals surface area contributed by atoms with E-state index < -0.39 is 0 Å². The number of nitrogens with one attached hydrogen (secondary N) is 2. The zero-order chi connectivity index (χ0) is 16.9. The Morgan fingerprint density at radius 2 is 1.50 bits per heavy atom. The average Bonchev–Trinajstić information content (AvgIpc) is 2.60. The summed E-state index contributed by atoms with van der Waals surface area (Å²) in [7, 11) is 0. The van der Waals surface area contributed by atoms with Crippen LogP contribution >= 0.6 is 0 Å². The molecule has 120 valence electrons. The number of Topliss-reactive ketones (excluding diaryl/α,β-unsaturated/α-hetero) is 1. The fourth-order valence-corrected chi connectivity index (χ4v) is 2.65. The summed E-state index contributed by atoms with van der Waals surface area (Å²) in [5.74, 6) is -0.197. The van der Waals surface area contributed by atoms with E-state index >= 15 is 0 Å². The Morgan fingerprint density at radius 1 is 0.833 bits per heavy atom. The molecular weight excluding hydrogens is 300 g/mol. The van der Waals surface area contributed by atoms with Crippen molar-refractivity contribution in [2.75, 3.05) is 17.2 Å². The highest BCUT2D eigenvalue weighted by Crippen LogP contribution is 2.23. The SMILES string of the molecule is CC(=O)c1ccccc1NCC(=O)Nc1cccc2ccccc12. The molecular formula is C20H18N2O2. The van der Waals surface area contributed by atoms with Gasteiger partial charge in [-0.1, -0.05) is 48.5 Å². The quantitative estimate of drug-likeness (QED) is 0.697. The van der Waals surface area contributed by atoms with Gasteiger partial charge in [-0.15, -0.1) is 0 Å². The summed E-state index contributed by atoms with van der Waals surface area (Å²) in [6.45, 7) is 1.60. The van der Waals surface area contributed by atoms with E-state index in [4.69, 9.17) is 0 Å². The van der Waals surface area contributed by atoms with Crippen molar-refractivity contribution < 1.29 is 9.59 Å². The second-order valence-corrected chi connectivity index (χ2v) is 5.53. The van der Waals surface area contributed by atoms with Gasteiger partial charge < -0.3 is 10.6 Å². The summed E-state index contributed by atoms with van der Waals surface area (Å²) in [5.41, 5.74) is 2.02. The minimum Gasteiger partial charge on any atom is -0.376 e. The molecule has 0 unspecified atom stereocenters. The molecule has 0 aliphatic carbocycles. The van der Waals surface area contributed by atoms with Gasteiger partial charge in [-0.25, -0.2) is 0 Å². The first kappa shape index (κ1) is 15.7. The monoisotopic (exact) mass is 318 g/mol. The van der Waals surface area contributed by atoms with E-state index in [-0.39, 0.29) is 18.2 Å². The first-order valence-electron chi connectivity index (χ1n) is 7.76. The van der Waals surface area contributed by atoms with Gasteiger partial charge in [0, 0.05) is 22.3 Å². The number of hydrogen-bond acceptors (Lipinski definition) is 3. The molecule has 4 nitrogen and oxygen atoms in total. The molecule has 4 heteroatoms. The van der Waals surface area contributed by atoms with Crippen LogP contribution in [0.2, 0.25) is 0 Å². The lowest BCUT2D eigenvalue weighted by atomic mass is 10.1. The van der Waals surface area contributed by atoms with Crippen molar-refractivity contribution in [2.24, 2.45) is 0 Å². The molecule has 0 fully saturated rings. The highest BCUT2D eigenvalue weighted by Gasteiger charge is 2.09. The minimum absolute atomic E-state index is 0.0347. The Labute approximate surface area is 140 Å². The van der Waals surface area contributed by atoms with E-state index in [1.807, 2.05) is 48.5 Å². The Bertz CT molecular complexity index is 898. The summed E-state index contributed by atoms with van der Waals surface area (Å²) in [5, 5.41) is 8.02. The van der Waals surface area contributed by atoms with Gasteiger partial charge in [0.1, 0.15) is 0 Å². The number of rotatable bonds is 5. The largest absolute Gasteiger partial charge is 0.376 e. The van der Waals surface area contributed by atoms with Crippen LogP contribution in [0.5, 0.6) is 0 Å². The third-order valence-electron chi connectivity index (χ3n) is 3.81. The number of carbonyl (C=O) groups excluding carboxylic acids is 2. The molecule has 0 radical (unpaired) electrons.